The van der Waals surface area contributed by atoms with Crippen molar-refractivity contribution < 1.29 is 19.0 Å². The Balaban J connectivity index is 1.70. The molecule has 0 aliphatic carbocycles. The van der Waals surface area contributed by atoms with Crippen molar-refractivity contribution in [1.29, 1.82) is 0 Å². The monoisotopic (exact) mass is 568 g/mol. The van der Waals surface area contributed by atoms with Crippen molar-refractivity contribution in [3.63, 3.8) is 0 Å². The molecule has 0 fully saturated rings. The fraction of sp³-hybridized carbons (Fsp3) is 0.345. The summed E-state index contributed by atoms with van der Waals surface area (Å²) in [5.74, 6) is 2.19. The number of thioether (sulfide) groups is 1. The number of esters is 1. The summed E-state index contributed by atoms with van der Waals surface area (Å²) in [5, 5.41) is 9.33. The van der Waals surface area contributed by atoms with E-state index in [9.17, 15) is 4.79 Å². The molecule has 1 aromatic heterocycles. The molecule has 2 heterocycles. The minimum Gasteiger partial charge on any atom is -0.490 e. The summed E-state index contributed by atoms with van der Waals surface area (Å²) >= 11 is 7.60. The van der Waals surface area contributed by atoms with Gasteiger partial charge < -0.3 is 19.5 Å². The molecule has 0 saturated heterocycles. The summed E-state index contributed by atoms with van der Waals surface area (Å²) < 4.78 is 19.3. The minimum atomic E-state index is -0.573. The number of hydrogen-bond acceptors (Lipinski definition) is 8. The lowest BCUT2D eigenvalue weighted by molar-refractivity contribution is -0.138. The maximum atomic E-state index is 13.2. The first kappa shape index (κ1) is 28.6. The molecule has 4 rings (SSSR count). The smallest absolute Gasteiger partial charge is 0.338 e. The molecule has 1 N–H and O–H groups in total. The first-order valence-electron chi connectivity index (χ1n) is 12.9. The van der Waals surface area contributed by atoms with E-state index in [0.29, 0.717) is 52.1 Å². The summed E-state index contributed by atoms with van der Waals surface area (Å²) in [5.41, 5.74) is 2.87. The van der Waals surface area contributed by atoms with Crippen LogP contribution in [0.15, 0.2) is 71.5 Å². The van der Waals surface area contributed by atoms with E-state index in [4.69, 9.17) is 30.9 Å². The minimum absolute atomic E-state index is 0.104. The van der Waals surface area contributed by atoms with Gasteiger partial charge in [-0.25, -0.2) is 9.48 Å². The van der Waals surface area contributed by atoms with Gasteiger partial charge in [0.05, 0.1) is 12.2 Å². The largest absolute Gasteiger partial charge is 0.490 e. The van der Waals surface area contributed by atoms with Gasteiger partial charge in [-0.15, -0.1) is 5.10 Å². The van der Waals surface area contributed by atoms with E-state index < -0.39 is 12.0 Å². The Kier molecular flexibility index (Phi) is 9.95. The van der Waals surface area contributed by atoms with Gasteiger partial charge in [-0.1, -0.05) is 67.6 Å². The quantitative estimate of drug-likeness (QED) is 0.104. The topological polar surface area (TPSA) is 87.5 Å². The Labute approximate surface area is 238 Å². The number of carbonyl (C=O) groups excluding carboxylic acids is 1. The molecule has 10 heteroatoms. The maximum Gasteiger partial charge on any atom is 0.338 e. The number of fused-ring (bicyclic) bond motifs is 1. The van der Waals surface area contributed by atoms with Crippen LogP contribution in [0.5, 0.6) is 11.5 Å². The maximum absolute atomic E-state index is 13.2. The van der Waals surface area contributed by atoms with Crippen LogP contribution in [0.1, 0.15) is 50.8 Å². The highest BCUT2D eigenvalue weighted by atomic mass is 35.5. The second-order valence-corrected chi connectivity index (χ2v) is 10.4. The van der Waals surface area contributed by atoms with E-state index in [1.807, 2.05) is 56.3 Å². The predicted octanol–water partition coefficient (Wildman–Crippen LogP) is 6.82. The Morgan fingerprint density at radius 2 is 1.97 bits per heavy atom. The number of aromatic nitrogens is 3. The molecule has 2 aromatic carbocycles. The Morgan fingerprint density at radius 1 is 1.18 bits per heavy atom. The zero-order chi connectivity index (χ0) is 27.8. The number of ether oxygens (including phenoxy) is 3. The van der Waals surface area contributed by atoms with E-state index in [2.05, 4.69) is 23.8 Å². The van der Waals surface area contributed by atoms with Gasteiger partial charge >= 0.3 is 5.97 Å². The molecular formula is C29H33ClN4O4S. The highest BCUT2D eigenvalue weighted by Gasteiger charge is 2.35. The predicted molar refractivity (Wildman–Crippen MR) is 155 cm³/mol. The molecule has 206 valence electrons. The summed E-state index contributed by atoms with van der Waals surface area (Å²) in [6.07, 6.45) is 3.70. The van der Waals surface area contributed by atoms with Crippen LogP contribution in [0.4, 0.5) is 5.95 Å². The van der Waals surface area contributed by atoms with E-state index >= 15 is 0 Å². The van der Waals surface area contributed by atoms with Crippen LogP contribution < -0.4 is 14.8 Å². The van der Waals surface area contributed by atoms with Crippen LogP contribution in [0, 0.1) is 0 Å². The molecular weight excluding hydrogens is 536 g/mol. The second-order valence-electron chi connectivity index (χ2n) is 8.87. The van der Waals surface area contributed by atoms with Gasteiger partial charge in [0.1, 0.15) is 19.3 Å². The summed E-state index contributed by atoms with van der Waals surface area (Å²) in [6, 6.07) is 12.6. The Hall–Kier alpha value is -3.43. The molecule has 1 atom stereocenters. The highest BCUT2D eigenvalue weighted by Crippen LogP contribution is 2.40. The molecule has 3 aromatic rings. The molecule has 39 heavy (non-hydrogen) atoms. The van der Waals surface area contributed by atoms with Gasteiger partial charge in [0.25, 0.3) is 0 Å². The number of benzene rings is 2. The number of hydrogen-bond donors (Lipinski definition) is 1. The van der Waals surface area contributed by atoms with E-state index in [1.165, 1.54) is 0 Å². The van der Waals surface area contributed by atoms with Gasteiger partial charge in [-0.3, -0.25) is 0 Å². The Bertz CT molecular complexity index is 1340. The number of nitrogens with zero attached hydrogens (tertiary/aromatic N) is 3. The molecule has 0 bridgehead atoms. The molecule has 0 spiro atoms. The normalized spacial score (nSPS) is 14.4. The van der Waals surface area contributed by atoms with Crippen LogP contribution in [-0.4, -0.2) is 39.7 Å². The van der Waals surface area contributed by atoms with Gasteiger partial charge in [0.15, 0.2) is 11.5 Å². The van der Waals surface area contributed by atoms with Crippen molar-refractivity contribution in [1.82, 2.24) is 14.8 Å². The number of halogens is 1. The number of carbonyl (C=O) groups is 1. The lowest BCUT2D eigenvalue weighted by atomic mass is 9.95. The molecule has 1 unspecified atom stereocenters. The summed E-state index contributed by atoms with van der Waals surface area (Å²) in [6.45, 7) is 10.5. The van der Waals surface area contributed by atoms with Gasteiger partial charge in [0.2, 0.25) is 11.1 Å². The summed E-state index contributed by atoms with van der Waals surface area (Å²) in [7, 11) is 0. The Morgan fingerprint density at radius 3 is 2.69 bits per heavy atom. The molecule has 1 aliphatic heterocycles. The fourth-order valence-electron chi connectivity index (χ4n) is 4.11. The number of nitrogens with one attached hydrogen (secondary N) is 1. The van der Waals surface area contributed by atoms with Gasteiger partial charge in [0, 0.05) is 16.5 Å². The van der Waals surface area contributed by atoms with Gasteiger partial charge in [-0.2, -0.15) is 4.98 Å². The number of rotatable bonds is 13. The summed E-state index contributed by atoms with van der Waals surface area (Å²) in [4.78, 5) is 17.9. The highest BCUT2D eigenvalue weighted by molar-refractivity contribution is 7.99. The lowest BCUT2D eigenvalue weighted by Gasteiger charge is -2.28. The molecule has 0 radical (unpaired) electrons. The molecule has 0 amide bonds. The van der Waals surface area contributed by atoms with Crippen molar-refractivity contribution in [3.05, 3.63) is 82.5 Å². The van der Waals surface area contributed by atoms with Crippen LogP contribution >= 0.6 is 23.4 Å². The fourth-order valence-corrected chi connectivity index (χ4v) is 5.15. The number of allylic oxidation sites excluding steroid dienone is 1. The van der Waals surface area contributed by atoms with E-state index in [1.54, 1.807) is 22.5 Å². The van der Waals surface area contributed by atoms with E-state index in [0.717, 1.165) is 29.7 Å². The third-order valence-corrected chi connectivity index (χ3v) is 7.18. The van der Waals surface area contributed by atoms with Crippen LogP contribution in [0.25, 0.3) is 0 Å². The first-order chi connectivity index (χ1) is 18.9. The number of unbranched alkanes of at least 4 members (excludes halogenated alkanes) is 1. The third kappa shape index (κ3) is 6.96. The average molecular weight is 569 g/mol. The van der Waals surface area contributed by atoms with Crippen molar-refractivity contribution in [2.75, 3.05) is 24.3 Å². The zero-order valence-corrected chi connectivity index (χ0v) is 24.0. The van der Waals surface area contributed by atoms with Crippen molar-refractivity contribution in [3.8, 4) is 11.5 Å². The number of anilines is 1. The molecule has 8 nitrogen and oxygen atoms in total. The van der Waals surface area contributed by atoms with Crippen LogP contribution in [0.2, 0.25) is 5.02 Å². The lowest BCUT2D eigenvalue weighted by Crippen LogP contribution is -2.29. The van der Waals surface area contributed by atoms with Crippen molar-refractivity contribution >= 4 is 35.3 Å². The molecule has 1 aliphatic rings. The van der Waals surface area contributed by atoms with Crippen LogP contribution in [-0.2, 0) is 16.1 Å². The van der Waals surface area contributed by atoms with Gasteiger partial charge in [-0.05, 0) is 55.7 Å². The SMILES string of the molecule is C=CCOC(=O)C1=C(C)Nc2nc(SCCCC)nn2C1c1ccc(OCc2ccc(Cl)cc2)c(OCC)c1. The second kappa shape index (κ2) is 13.6. The third-order valence-electron chi connectivity index (χ3n) is 6.01. The van der Waals surface area contributed by atoms with Crippen molar-refractivity contribution in [2.24, 2.45) is 0 Å². The van der Waals surface area contributed by atoms with Crippen molar-refractivity contribution in [2.45, 2.75) is 51.4 Å². The zero-order valence-electron chi connectivity index (χ0n) is 22.4. The standard InChI is InChI=1S/C29H33ClN4O4S/c1-5-8-16-39-29-32-28-31-19(4)25(27(35)37-15-6-2)26(34(28)33-29)21-11-14-23(24(17-21)36-7-3)38-18-20-9-12-22(30)13-10-20/h6,9-14,17,26H,2,5,7-8,15-16,18H2,1,3-4H3,(H,31,32,33). The first-order valence-corrected chi connectivity index (χ1v) is 14.3. The van der Waals surface area contributed by atoms with Crippen LogP contribution in [0.3, 0.4) is 0 Å². The van der Waals surface area contributed by atoms with E-state index in [-0.39, 0.29) is 6.61 Å². The average Bonchev–Trinajstić information content (AvgIpc) is 3.33. The molecule has 0 saturated carbocycles.